The van der Waals surface area contributed by atoms with Gasteiger partial charge in [0, 0.05) is 6.54 Å². The van der Waals surface area contributed by atoms with Gasteiger partial charge in [0.2, 0.25) is 0 Å². The van der Waals surface area contributed by atoms with Crippen molar-refractivity contribution in [2.24, 2.45) is 0 Å². The van der Waals surface area contributed by atoms with Crippen LogP contribution in [0, 0.1) is 0 Å². The van der Waals surface area contributed by atoms with Crippen molar-refractivity contribution in [2.45, 2.75) is 53.3 Å². The minimum Gasteiger partial charge on any atom is -0.392 e. The van der Waals surface area contributed by atoms with E-state index in [4.69, 9.17) is 0 Å². The molecule has 0 bridgehead atoms. The zero-order valence-electron chi connectivity index (χ0n) is 11.0. The van der Waals surface area contributed by atoms with Gasteiger partial charge in [0.15, 0.2) is 0 Å². The van der Waals surface area contributed by atoms with Crippen molar-refractivity contribution in [3.8, 4) is 0 Å². The fourth-order valence-electron chi connectivity index (χ4n) is 2.19. The Bertz CT molecular complexity index is 147. The number of nitrogens with zero attached hydrogens (tertiary/aromatic N) is 2. The lowest BCUT2D eigenvalue weighted by molar-refractivity contribution is 0.0192. The molecule has 2 unspecified atom stereocenters. The summed E-state index contributed by atoms with van der Waals surface area (Å²) in [6.45, 7) is 14.5. The van der Waals surface area contributed by atoms with Crippen LogP contribution in [0.3, 0.4) is 0 Å². The molecular formula is C12H28N2O. The highest BCUT2D eigenvalue weighted by atomic mass is 16.3. The maximum absolute atomic E-state index is 9.47. The van der Waals surface area contributed by atoms with Crippen LogP contribution < -0.4 is 0 Å². The largest absolute Gasteiger partial charge is 0.392 e. The molecule has 0 aromatic carbocycles. The third-order valence-corrected chi connectivity index (χ3v) is 2.93. The number of hydrogen-bond donors (Lipinski definition) is 1. The Morgan fingerprint density at radius 2 is 1.40 bits per heavy atom. The van der Waals surface area contributed by atoms with Gasteiger partial charge in [-0.15, -0.1) is 0 Å². The van der Waals surface area contributed by atoms with E-state index in [1.54, 1.807) is 0 Å². The summed E-state index contributed by atoms with van der Waals surface area (Å²) >= 11 is 0. The Balaban J connectivity index is 4.43. The van der Waals surface area contributed by atoms with Gasteiger partial charge in [-0.1, -0.05) is 27.7 Å². The third-order valence-electron chi connectivity index (χ3n) is 2.93. The third kappa shape index (κ3) is 4.96. The topological polar surface area (TPSA) is 26.7 Å². The molecule has 3 heteroatoms. The van der Waals surface area contributed by atoms with E-state index in [-0.39, 0.29) is 6.10 Å². The van der Waals surface area contributed by atoms with Gasteiger partial charge in [-0.2, -0.15) is 0 Å². The van der Waals surface area contributed by atoms with Gasteiger partial charge in [0.25, 0.3) is 0 Å². The molecule has 2 atom stereocenters. The molecule has 0 amide bonds. The van der Waals surface area contributed by atoms with Crippen molar-refractivity contribution in [3.63, 3.8) is 0 Å². The van der Waals surface area contributed by atoms with Crippen LogP contribution in [-0.2, 0) is 0 Å². The molecule has 0 saturated heterocycles. The Morgan fingerprint density at radius 1 is 0.933 bits per heavy atom. The summed E-state index contributed by atoms with van der Waals surface area (Å²) < 4.78 is 0. The molecule has 0 aliphatic rings. The molecule has 0 heterocycles. The van der Waals surface area contributed by atoms with Crippen LogP contribution in [-0.4, -0.2) is 53.4 Å². The quantitative estimate of drug-likeness (QED) is 0.626. The Kier molecular flexibility index (Phi) is 8.02. The first-order valence-corrected chi connectivity index (χ1v) is 6.26. The predicted molar refractivity (Wildman–Crippen MR) is 65.9 cm³/mol. The summed E-state index contributed by atoms with van der Waals surface area (Å²) in [5.74, 6) is 0. The molecular weight excluding hydrogens is 188 g/mol. The number of hydrogen-bond acceptors (Lipinski definition) is 3. The van der Waals surface area contributed by atoms with Crippen molar-refractivity contribution in [2.75, 3.05) is 26.2 Å². The van der Waals surface area contributed by atoms with E-state index in [9.17, 15) is 5.11 Å². The van der Waals surface area contributed by atoms with Crippen LogP contribution >= 0.6 is 0 Å². The second-order valence-electron chi connectivity index (χ2n) is 4.05. The molecule has 0 spiro atoms. The highest BCUT2D eigenvalue weighted by Crippen LogP contribution is 2.10. The fourth-order valence-corrected chi connectivity index (χ4v) is 2.19. The van der Waals surface area contributed by atoms with Crippen molar-refractivity contribution in [1.82, 2.24) is 9.80 Å². The maximum Gasteiger partial charge on any atom is 0.0639 e. The molecule has 0 aliphatic heterocycles. The van der Waals surface area contributed by atoms with Gasteiger partial charge >= 0.3 is 0 Å². The zero-order chi connectivity index (χ0) is 11.8. The maximum atomic E-state index is 9.47. The Hall–Kier alpha value is -0.120. The van der Waals surface area contributed by atoms with E-state index in [2.05, 4.69) is 37.5 Å². The van der Waals surface area contributed by atoms with Crippen LogP contribution in [0.15, 0.2) is 0 Å². The molecule has 15 heavy (non-hydrogen) atoms. The van der Waals surface area contributed by atoms with Crippen LogP contribution in [0.4, 0.5) is 0 Å². The van der Waals surface area contributed by atoms with Crippen molar-refractivity contribution < 1.29 is 5.11 Å². The van der Waals surface area contributed by atoms with Crippen molar-refractivity contribution >= 4 is 0 Å². The van der Waals surface area contributed by atoms with E-state index in [1.807, 2.05) is 6.92 Å². The first kappa shape index (κ1) is 14.9. The van der Waals surface area contributed by atoms with Gasteiger partial charge in [-0.3, -0.25) is 9.80 Å². The van der Waals surface area contributed by atoms with Gasteiger partial charge in [0.1, 0.15) is 0 Å². The minimum absolute atomic E-state index is 0.241. The number of rotatable bonds is 8. The summed E-state index contributed by atoms with van der Waals surface area (Å²) in [6.07, 6.45) is 1.34. The summed E-state index contributed by atoms with van der Waals surface area (Å²) in [5.41, 5.74) is 0. The van der Waals surface area contributed by atoms with Crippen LogP contribution in [0.1, 0.15) is 41.0 Å². The molecule has 3 nitrogen and oxygen atoms in total. The summed E-state index contributed by atoms with van der Waals surface area (Å²) in [4.78, 5) is 4.81. The number of likely N-dealkylation sites (N-methyl/N-ethyl adjacent to an activating group) is 1. The van der Waals surface area contributed by atoms with E-state index in [0.29, 0.717) is 6.17 Å². The fraction of sp³-hybridized carbons (Fsp3) is 1.00. The normalized spacial score (nSPS) is 16.0. The summed E-state index contributed by atoms with van der Waals surface area (Å²) in [5, 5.41) is 9.47. The van der Waals surface area contributed by atoms with Gasteiger partial charge < -0.3 is 5.11 Å². The molecule has 1 N–H and O–H groups in total. The molecule has 0 fully saturated rings. The summed E-state index contributed by atoms with van der Waals surface area (Å²) in [7, 11) is 0. The Morgan fingerprint density at radius 3 is 1.67 bits per heavy atom. The monoisotopic (exact) mass is 216 g/mol. The highest BCUT2D eigenvalue weighted by Gasteiger charge is 2.21. The van der Waals surface area contributed by atoms with Gasteiger partial charge in [0.05, 0.1) is 12.3 Å². The van der Waals surface area contributed by atoms with E-state index in [0.717, 1.165) is 32.6 Å². The Labute approximate surface area is 95.1 Å². The molecule has 92 valence electrons. The van der Waals surface area contributed by atoms with Gasteiger partial charge in [-0.05, 0) is 33.0 Å². The lowest BCUT2D eigenvalue weighted by Crippen LogP contribution is -2.50. The minimum atomic E-state index is -0.241. The molecule has 0 aliphatic carbocycles. The first-order chi connectivity index (χ1) is 7.10. The van der Waals surface area contributed by atoms with Crippen LogP contribution in [0.5, 0.6) is 0 Å². The van der Waals surface area contributed by atoms with E-state index >= 15 is 0 Å². The molecule has 0 radical (unpaired) electrons. The molecule has 0 rings (SSSR count). The average Bonchev–Trinajstić information content (AvgIpc) is 2.22. The smallest absolute Gasteiger partial charge is 0.0639 e. The predicted octanol–water partition coefficient (Wildman–Crippen LogP) is 1.77. The van der Waals surface area contributed by atoms with E-state index in [1.165, 1.54) is 0 Å². The molecule has 0 aromatic heterocycles. The van der Waals surface area contributed by atoms with Crippen LogP contribution in [0.2, 0.25) is 0 Å². The summed E-state index contributed by atoms with van der Waals surface area (Å²) in [6, 6.07) is 0. The number of aliphatic hydroxyl groups excluding tert-OH is 1. The lowest BCUT2D eigenvalue weighted by Gasteiger charge is -2.38. The van der Waals surface area contributed by atoms with E-state index < -0.39 is 0 Å². The zero-order valence-corrected chi connectivity index (χ0v) is 11.0. The average molecular weight is 216 g/mol. The van der Waals surface area contributed by atoms with Crippen LogP contribution in [0.25, 0.3) is 0 Å². The molecule has 0 aromatic rings. The first-order valence-electron chi connectivity index (χ1n) is 6.26. The van der Waals surface area contributed by atoms with Gasteiger partial charge in [-0.25, -0.2) is 0 Å². The second-order valence-corrected chi connectivity index (χ2v) is 4.05. The van der Waals surface area contributed by atoms with Crippen molar-refractivity contribution in [3.05, 3.63) is 0 Å². The SMILES string of the molecule is CCC(N(CC)CC)N(CC)CC(C)O. The second kappa shape index (κ2) is 8.08. The highest BCUT2D eigenvalue weighted by molar-refractivity contribution is 4.71. The van der Waals surface area contributed by atoms with Crippen molar-refractivity contribution in [1.29, 1.82) is 0 Å². The lowest BCUT2D eigenvalue weighted by atomic mass is 10.2. The molecule has 0 saturated carbocycles. The standard InChI is InChI=1S/C12H28N2O/c1-6-12(13(7-2)8-3)14(9-4)10-11(5)15/h11-12,15H,6-10H2,1-5H3. The number of aliphatic hydroxyl groups is 1.